The van der Waals surface area contributed by atoms with Gasteiger partial charge in [0.15, 0.2) is 0 Å². The Morgan fingerprint density at radius 2 is 1.62 bits per heavy atom. The van der Waals surface area contributed by atoms with E-state index < -0.39 is 0 Å². The highest BCUT2D eigenvalue weighted by molar-refractivity contribution is 5.65. The summed E-state index contributed by atoms with van der Waals surface area (Å²) in [7, 11) is 1.61. The molecule has 2 heterocycles. The smallest absolute Gasteiger partial charge is 0.215 e. The molecule has 0 saturated heterocycles. The number of nitrogen functional groups attached to an aromatic ring is 1. The van der Waals surface area contributed by atoms with E-state index in [0.29, 0.717) is 11.7 Å². The molecule has 4 heteroatoms. The predicted octanol–water partition coefficient (Wildman–Crippen LogP) is 4.40. The first-order valence-corrected chi connectivity index (χ1v) is 7.36. The van der Waals surface area contributed by atoms with Crippen molar-refractivity contribution < 1.29 is 4.74 Å². The Balaban J connectivity index is 0.000000921. The summed E-state index contributed by atoms with van der Waals surface area (Å²) < 4.78 is 5.13. The Morgan fingerprint density at radius 3 is 2.14 bits per heavy atom. The Bertz CT molecular complexity index is 554. The zero-order chi connectivity index (χ0) is 16.4. The average Bonchev–Trinajstić information content (AvgIpc) is 2.53. The van der Waals surface area contributed by atoms with Crippen LogP contribution in [0.5, 0.6) is 5.88 Å². The number of nitrogens with two attached hydrogens (primary N) is 1. The summed E-state index contributed by atoms with van der Waals surface area (Å²) in [6, 6.07) is 5.75. The highest BCUT2D eigenvalue weighted by atomic mass is 16.5. The van der Waals surface area contributed by atoms with Gasteiger partial charge in [0.05, 0.1) is 12.8 Å². The average molecular weight is 289 g/mol. The molecule has 2 aromatic heterocycles. The molecule has 0 saturated carbocycles. The number of ether oxygens (including phenoxy) is 1. The van der Waals surface area contributed by atoms with Gasteiger partial charge in [0, 0.05) is 17.3 Å². The lowest BCUT2D eigenvalue weighted by molar-refractivity contribution is 0.394. The monoisotopic (exact) mass is 289 g/mol. The molecule has 0 spiro atoms. The second-order valence-corrected chi connectivity index (χ2v) is 3.95. The molecule has 116 valence electrons. The number of anilines is 1. The van der Waals surface area contributed by atoms with Crippen LogP contribution in [-0.2, 0) is 0 Å². The number of rotatable bonds is 2. The van der Waals surface area contributed by atoms with Crippen LogP contribution in [0.4, 0.5) is 5.82 Å². The first kappa shape index (κ1) is 18.9. The maximum Gasteiger partial charge on any atom is 0.215 e. The quantitative estimate of drug-likeness (QED) is 0.890. The van der Waals surface area contributed by atoms with Crippen LogP contribution in [0.3, 0.4) is 0 Å². The third-order valence-electron chi connectivity index (χ3n) is 2.62. The number of hydrogen-bond donors (Lipinski definition) is 1. The highest BCUT2D eigenvalue weighted by Crippen LogP contribution is 2.25. The molecule has 0 aromatic carbocycles. The molecular weight excluding hydrogens is 262 g/mol. The maximum absolute atomic E-state index is 5.70. The van der Waals surface area contributed by atoms with E-state index in [1.807, 2.05) is 53.7 Å². The summed E-state index contributed by atoms with van der Waals surface area (Å²) in [5, 5.41) is 0. The standard InChI is InChI=1S/C13H15N3O.2C2H6/c1-8-4-5-11(14)16-12(8)10-6-9(2)13(17-3)15-7-10;2*1-2/h4-7H,1-3H3,(H2,14,16);2*1-2H3. The van der Waals surface area contributed by atoms with Crippen LogP contribution in [-0.4, -0.2) is 17.1 Å². The SMILES string of the molecule is CC.CC.COc1ncc(-c2nc(N)ccc2C)cc1C. The van der Waals surface area contributed by atoms with Crippen LogP contribution in [0.15, 0.2) is 24.4 Å². The molecule has 0 aliphatic rings. The summed E-state index contributed by atoms with van der Waals surface area (Å²) in [6.45, 7) is 12.0. The first-order chi connectivity index (χ1) is 10.1. The summed E-state index contributed by atoms with van der Waals surface area (Å²) in [6.07, 6.45) is 1.75. The Kier molecular flexibility index (Phi) is 8.77. The number of aromatic nitrogens is 2. The third-order valence-corrected chi connectivity index (χ3v) is 2.62. The van der Waals surface area contributed by atoms with Crippen molar-refractivity contribution in [1.29, 1.82) is 0 Å². The van der Waals surface area contributed by atoms with Crippen molar-refractivity contribution in [2.75, 3.05) is 12.8 Å². The molecule has 0 atom stereocenters. The van der Waals surface area contributed by atoms with E-state index in [-0.39, 0.29) is 0 Å². The van der Waals surface area contributed by atoms with E-state index in [9.17, 15) is 0 Å². The molecule has 0 fully saturated rings. The molecule has 0 bridgehead atoms. The summed E-state index contributed by atoms with van der Waals surface area (Å²) in [5.41, 5.74) is 9.57. The molecule has 2 rings (SSSR count). The van der Waals surface area contributed by atoms with Crippen molar-refractivity contribution in [2.45, 2.75) is 41.5 Å². The van der Waals surface area contributed by atoms with Crippen LogP contribution in [0.2, 0.25) is 0 Å². The molecule has 0 unspecified atom stereocenters. The lowest BCUT2D eigenvalue weighted by Gasteiger charge is -2.08. The fourth-order valence-corrected chi connectivity index (χ4v) is 1.74. The van der Waals surface area contributed by atoms with Crippen molar-refractivity contribution in [2.24, 2.45) is 0 Å². The number of pyridine rings is 2. The summed E-state index contributed by atoms with van der Waals surface area (Å²) in [5.74, 6) is 1.15. The molecule has 0 amide bonds. The Morgan fingerprint density at radius 1 is 1.00 bits per heavy atom. The molecule has 0 radical (unpaired) electrons. The molecule has 2 aromatic rings. The lowest BCUT2D eigenvalue weighted by atomic mass is 10.1. The second-order valence-electron chi connectivity index (χ2n) is 3.95. The van der Waals surface area contributed by atoms with Gasteiger partial charge < -0.3 is 10.5 Å². The Labute approximate surface area is 128 Å². The topological polar surface area (TPSA) is 61.0 Å². The van der Waals surface area contributed by atoms with Gasteiger partial charge in [0.2, 0.25) is 5.88 Å². The minimum atomic E-state index is 0.513. The molecule has 2 N–H and O–H groups in total. The van der Waals surface area contributed by atoms with Gasteiger partial charge in [-0.15, -0.1) is 0 Å². The van der Waals surface area contributed by atoms with E-state index in [1.165, 1.54) is 0 Å². The summed E-state index contributed by atoms with van der Waals surface area (Å²) >= 11 is 0. The van der Waals surface area contributed by atoms with Crippen molar-refractivity contribution >= 4 is 5.82 Å². The maximum atomic E-state index is 5.70. The minimum absolute atomic E-state index is 0.513. The van der Waals surface area contributed by atoms with Crippen LogP contribution in [0.25, 0.3) is 11.3 Å². The Hall–Kier alpha value is -2.10. The van der Waals surface area contributed by atoms with Gasteiger partial charge in [0.1, 0.15) is 5.82 Å². The van der Waals surface area contributed by atoms with Crippen LogP contribution in [0, 0.1) is 13.8 Å². The number of methoxy groups -OCH3 is 1. The van der Waals surface area contributed by atoms with E-state index in [2.05, 4.69) is 9.97 Å². The van der Waals surface area contributed by atoms with Gasteiger partial charge in [-0.1, -0.05) is 33.8 Å². The fraction of sp³-hybridized carbons (Fsp3) is 0.412. The predicted molar refractivity (Wildman–Crippen MR) is 90.6 cm³/mol. The van der Waals surface area contributed by atoms with E-state index in [0.717, 1.165) is 22.4 Å². The van der Waals surface area contributed by atoms with Crippen LogP contribution in [0.1, 0.15) is 38.8 Å². The minimum Gasteiger partial charge on any atom is -0.481 e. The van der Waals surface area contributed by atoms with Crippen molar-refractivity contribution in [3.8, 4) is 17.1 Å². The normalized spacial score (nSPS) is 8.90. The molecule has 0 aliphatic heterocycles. The number of hydrogen-bond acceptors (Lipinski definition) is 4. The fourth-order valence-electron chi connectivity index (χ4n) is 1.74. The van der Waals surface area contributed by atoms with Gasteiger partial charge in [0.25, 0.3) is 0 Å². The van der Waals surface area contributed by atoms with Gasteiger partial charge in [-0.2, -0.15) is 0 Å². The van der Waals surface area contributed by atoms with Crippen molar-refractivity contribution in [3.05, 3.63) is 35.5 Å². The second kappa shape index (κ2) is 9.75. The van der Waals surface area contributed by atoms with Gasteiger partial charge in [-0.25, -0.2) is 9.97 Å². The van der Waals surface area contributed by atoms with E-state index in [4.69, 9.17) is 10.5 Å². The number of aryl methyl sites for hydroxylation is 2. The molecule has 0 aliphatic carbocycles. The highest BCUT2D eigenvalue weighted by Gasteiger charge is 2.07. The van der Waals surface area contributed by atoms with Crippen LogP contribution >= 0.6 is 0 Å². The molecular formula is C17H27N3O. The van der Waals surface area contributed by atoms with Crippen molar-refractivity contribution in [1.82, 2.24) is 9.97 Å². The third kappa shape index (κ3) is 5.06. The van der Waals surface area contributed by atoms with Gasteiger partial charge in [-0.3, -0.25) is 0 Å². The molecule has 21 heavy (non-hydrogen) atoms. The van der Waals surface area contributed by atoms with E-state index >= 15 is 0 Å². The first-order valence-electron chi connectivity index (χ1n) is 7.36. The number of nitrogens with zero attached hydrogens (tertiary/aromatic N) is 2. The van der Waals surface area contributed by atoms with Crippen molar-refractivity contribution in [3.63, 3.8) is 0 Å². The lowest BCUT2D eigenvalue weighted by Crippen LogP contribution is -1.97. The zero-order valence-electron chi connectivity index (χ0n) is 14.2. The molecule has 4 nitrogen and oxygen atoms in total. The van der Waals surface area contributed by atoms with Gasteiger partial charge >= 0.3 is 0 Å². The largest absolute Gasteiger partial charge is 0.481 e. The van der Waals surface area contributed by atoms with Gasteiger partial charge in [-0.05, 0) is 31.5 Å². The van der Waals surface area contributed by atoms with Crippen LogP contribution < -0.4 is 10.5 Å². The van der Waals surface area contributed by atoms with E-state index in [1.54, 1.807) is 19.4 Å². The zero-order valence-corrected chi connectivity index (χ0v) is 14.2. The summed E-state index contributed by atoms with van der Waals surface area (Å²) in [4.78, 5) is 8.58.